The van der Waals surface area contributed by atoms with E-state index in [1.54, 1.807) is 11.8 Å². The summed E-state index contributed by atoms with van der Waals surface area (Å²) in [7, 11) is 2.09. The second kappa shape index (κ2) is 9.19. The van der Waals surface area contributed by atoms with Crippen LogP contribution in [-0.4, -0.2) is 67.6 Å². The molecule has 178 valence electrons. The monoisotopic (exact) mass is 471 g/mol. The van der Waals surface area contributed by atoms with Gasteiger partial charge in [0, 0.05) is 29.9 Å². The zero-order valence-corrected chi connectivity index (χ0v) is 20.3. The van der Waals surface area contributed by atoms with Crippen molar-refractivity contribution in [2.75, 3.05) is 38.2 Å². The highest BCUT2D eigenvalue weighted by atomic mass is 32.2. The summed E-state index contributed by atoms with van der Waals surface area (Å²) in [6.07, 6.45) is 2.92. The largest absolute Gasteiger partial charge is 0.494 e. The SMILES string of the molecule is CCOc1ccc(N2C(=O)NC3=C(C(=O)N[C@@H]4CCCN(C)C4)SC4NCCC2C34)c(C)c1. The standard InChI is InChI=1S/C24H33N5O3S/c1-4-32-16-7-8-17(14(2)12-16)29-18-9-10-25-23-19(18)20(27-24(29)31)21(33-23)22(30)26-15-6-5-11-28(3)13-15/h7-8,12,15,18-19,23,25H,4-6,9-11,13H2,1-3H3,(H,26,30)(H,27,31)/t15-,18?,19?,23?/m1/s1. The van der Waals surface area contributed by atoms with Crippen LogP contribution in [0.3, 0.4) is 0 Å². The molecule has 8 nitrogen and oxygen atoms in total. The van der Waals surface area contributed by atoms with Crippen molar-refractivity contribution in [2.24, 2.45) is 5.92 Å². The lowest BCUT2D eigenvalue weighted by molar-refractivity contribution is -0.117. The molecule has 9 heteroatoms. The second-order valence-electron chi connectivity index (χ2n) is 9.37. The van der Waals surface area contributed by atoms with Gasteiger partial charge in [-0.05, 0) is 77.0 Å². The van der Waals surface area contributed by atoms with E-state index in [1.165, 1.54) is 0 Å². The number of ether oxygens (including phenoxy) is 1. The van der Waals surface area contributed by atoms with Gasteiger partial charge in [0.2, 0.25) is 0 Å². The number of amides is 3. The number of nitrogens with one attached hydrogen (secondary N) is 3. The number of carbonyl (C=O) groups is 2. The Kier molecular flexibility index (Phi) is 6.28. The lowest BCUT2D eigenvalue weighted by atomic mass is 9.86. The normalized spacial score (nSPS) is 29.5. The topological polar surface area (TPSA) is 85.9 Å². The number of piperidine rings is 2. The van der Waals surface area contributed by atoms with Crippen LogP contribution < -0.4 is 25.6 Å². The molecule has 4 heterocycles. The van der Waals surface area contributed by atoms with Gasteiger partial charge >= 0.3 is 6.03 Å². The number of carbonyl (C=O) groups excluding carboxylic acids is 2. The molecule has 4 atom stereocenters. The molecule has 4 aliphatic rings. The van der Waals surface area contributed by atoms with Crippen molar-refractivity contribution >= 4 is 29.4 Å². The first-order valence-electron chi connectivity index (χ1n) is 11.9. The van der Waals surface area contributed by atoms with Crippen LogP contribution in [0.25, 0.3) is 0 Å². The van der Waals surface area contributed by atoms with Crippen LogP contribution in [0.1, 0.15) is 31.7 Å². The van der Waals surface area contributed by atoms with Crippen LogP contribution in [0, 0.1) is 12.8 Å². The number of aryl methyl sites for hydroxylation is 1. The van der Waals surface area contributed by atoms with E-state index in [4.69, 9.17) is 4.74 Å². The number of hydrogen-bond acceptors (Lipinski definition) is 6. The number of likely N-dealkylation sites (N-methyl/N-ethyl adjacent to an activating group) is 1. The van der Waals surface area contributed by atoms with Gasteiger partial charge < -0.3 is 25.6 Å². The van der Waals surface area contributed by atoms with Gasteiger partial charge in [0.1, 0.15) is 5.75 Å². The van der Waals surface area contributed by atoms with E-state index in [0.29, 0.717) is 11.5 Å². The molecule has 3 N–H and O–H groups in total. The zero-order valence-electron chi connectivity index (χ0n) is 19.5. The van der Waals surface area contributed by atoms with Crippen molar-refractivity contribution in [1.29, 1.82) is 0 Å². The molecule has 0 aliphatic carbocycles. The van der Waals surface area contributed by atoms with Crippen LogP contribution in [0.2, 0.25) is 0 Å². The maximum Gasteiger partial charge on any atom is 0.326 e. The molecule has 3 unspecified atom stereocenters. The Morgan fingerprint density at radius 3 is 2.94 bits per heavy atom. The molecule has 3 amide bonds. The Balaban J connectivity index is 1.41. The van der Waals surface area contributed by atoms with Gasteiger partial charge in [-0.15, -0.1) is 0 Å². The van der Waals surface area contributed by atoms with Crippen molar-refractivity contribution in [1.82, 2.24) is 20.9 Å². The number of rotatable bonds is 5. The third-order valence-electron chi connectivity index (χ3n) is 7.05. The van der Waals surface area contributed by atoms with Gasteiger partial charge in [0.05, 0.1) is 22.9 Å². The number of likely N-dealkylation sites (tertiary alicyclic amines) is 1. The fraction of sp³-hybridized carbons (Fsp3) is 0.583. The average molecular weight is 472 g/mol. The number of hydrogen-bond donors (Lipinski definition) is 3. The molecule has 3 fully saturated rings. The van der Waals surface area contributed by atoms with Gasteiger partial charge in [0.15, 0.2) is 0 Å². The van der Waals surface area contributed by atoms with Crippen LogP contribution in [-0.2, 0) is 4.79 Å². The molecule has 0 aromatic heterocycles. The molecule has 0 spiro atoms. The summed E-state index contributed by atoms with van der Waals surface area (Å²) >= 11 is 1.56. The van der Waals surface area contributed by atoms with Crippen LogP contribution in [0.4, 0.5) is 10.5 Å². The molecule has 1 aromatic rings. The number of benzene rings is 1. The highest BCUT2D eigenvalue weighted by Gasteiger charge is 2.52. The Bertz CT molecular complexity index is 983. The maximum absolute atomic E-state index is 13.4. The molecule has 33 heavy (non-hydrogen) atoms. The Hall–Kier alpha value is -2.23. The molecule has 4 aliphatic heterocycles. The van der Waals surface area contributed by atoms with Gasteiger partial charge in [-0.1, -0.05) is 11.8 Å². The van der Waals surface area contributed by atoms with E-state index in [9.17, 15) is 9.59 Å². The number of thioether (sulfide) groups is 1. The molecule has 0 bridgehead atoms. The van der Waals surface area contributed by atoms with Gasteiger partial charge in [-0.3, -0.25) is 9.69 Å². The lowest BCUT2D eigenvalue weighted by Crippen LogP contribution is -2.62. The summed E-state index contributed by atoms with van der Waals surface area (Å²) in [4.78, 5) is 31.5. The Labute approximate surface area is 199 Å². The fourth-order valence-electron chi connectivity index (χ4n) is 5.59. The average Bonchev–Trinajstić information content (AvgIpc) is 3.15. The van der Waals surface area contributed by atoms with Crippen molar-refractivity contribution in [3.63, 3.8) is 0 Å². The summed E-state index contributed by atoms with van der Waals surface area (Å²) < 4.78 is 5.63. The van der Waals surface area contributed by atoms with Gasteiger partial charge in [0.25, 0.3) is 5.91 Å². The van der Waals surface area contributed by atoms with Gasteiger partial charge in [-0.25, -0.2) is 4.79 Å². The summed E-state index contributed by atoms with van der Waals surface area (Å²) in [5.74, 6) is 0.808. The van der Waals surface area contributed by atoms with Crippen LogP contribution in [0.15, 0.2) is 28.8 Å². The first-order valence-corrected chi connectivity index (χ1v) is 12.8. The minimum absolute atomic E-state index is 0.00950. The quantitative estimate of drug-likeness (QED) is 0.612. The predicted molar refractivity (Wildman–Crippen MR) is 130 cm³/mol. The highest BCUT2D eigenvalue weighted by Crippen LogP contribution is 2.48. The first-order chi connectivity index (χ1) is 16.0. The molecular formula is C24H33N5O3S. The maximum atomic E-state index is 13.4. The summed E-state index contributed by atoms with van der Waals surface area (Å²) in [5.41, 5.74) is 2.69. The third kappa shape index (κ3) is 4.22. The minimum atomic E-state index is -0.163. The zero-order chi connectivity index (χ0) is 23.1. The predicted octanol–water partition coefficient (Wildman–Crippen LogP) is 2.40. The molecule has 1 aromatic carbocycles. The minimum Gasteiger partial charge on any atom is -0.494 e. The second-order valence-corrected chi connectivity index (χ2v) is 10.5. The molecule has 5 rings (SSSR count). The third-order valence-corrected chi connectivity index (χ3v) is 8.40. The van der Waals surface area contributed by atoms with Crippen molar-refractivity contribution in [2.45, 2.75) is 50.6 Å². The molecule has 3 saturated heterocycles. The van der Waals surface area contributed by atoms with Crippen LogP contribution in [0.5, 0.6) is 5.75 Å². The summed E-state index contributed by atoms with van der Waals surface area (Å²) in [5, 5.41) is 9.98. The molecule has 0 saturated carbocycles. The van der Waals surface area contributed by atoms with E-state index in [0.717, 1.165) is 61.6 Å². The summed E-state index contributed by atoms with van der Waals surface area (Å²) in [6.45, 7) is 7.33. The first kappa shape index (κ1) is 22.6. The number of urea groups is 1. The molecular weight excluding hydrogens is 438 g/mol. The van der Waals surface area contributed by atoms with E-state index in [2.05, 4.69) is 27.9 Å². The Morgan fingerprint density at radius 1 is 1.33 bits per heavy atom. The number of nitrogens with zero attached hydrogens (tertiary/aromatic N) is 2. The van der Waals surface area contributed by atoms with E-state index < -0.39 is 0 Å². The Morgan fingerprint density at radius 2 is 2.18 bits per heavy atom. The smallest absolute Gasteiger partial charge is 0.326 e. The van der Waals surface area contributed by atoms with Crippen molar-refractivity contribution in [3.8, 4) is 5.75 Å². The summed E-state index contributed by atoms with van der Waals surface area (Å²) in [6, 6.07) is 5.88. The molecule has 0 radical (unpaired) electrons. The van der Waals surface area contributed by atoms with Crippen molar-refractivity contribution < 1.29 is 14.3 Å². The van der Waals surface area contributed by atoms with E-state index in [1.807, 2.05) is 36.9 Å². The lowest BCUT2D eigenvalue weighted by Gasteiger charge is -2.46. The number of anilines is 1. The van der Waals surface area contributed by atoms with E-state index in [-0.39, 0.29) is 35.3 Å². The van der Waals surface area contributed by atoms with E-state index >= 15 is 0 Å². The fourth-order valence-corrected chi connectivity index (χ4v) is 6.99. The van der Waals surface area contributed by atoms with Crippen LogP contribution >= 0.6 is 11.8 Å². The van der Waals surface area contributed by atoms with Crippen molar-refractivity contribution in [3.05, 3.63) is 34.4 Å². The highest BCUT2D eigenvalue weighted by molar-refractivity contribution is 8.04. The van der Waals surface area contributed by atoms with Gasteiger partial charge in [-0.2, -0.15) is 0 Å².